The molecule has 2 bridgehead atoms. The van der Waals surface area contributed by atoms with Gasteiger partial charge in [0, 0.05) is 25.2 Å². The summed E-state index contributed by atoms with van der Waals surface area (Å²) in [4.78, 5) is 2.69. The molecular weight excluding hydrogens is 232 g/mol. The summed E-state index contributed by atoms with van der Waals surface area (Å²) in [5, 5.41) is 0. The van der Waals surface area contributed by atoms with Crippen LogP contribution in [-0.2, 0) is 0 Å². The largest absolute Gasteiger partial charge is 0.329 e. The fraction of sp³-hybridized carbons (Fsp3) is 0.647. The first kappa shape index (κ1) is 13.1. The molecule has 1 saturated carbocycles. The van der Waals surface area contributed by atoms with Crippen LogP contribution in [0.5, 0.6) is 0 Å². The van der Waals surface area contributed by atoms with E-state index in [1.54, 1.807) is 0 Å². The number of piperidine rings is 1. The van der Waals surface area contributed by atoms with Gasteiger partial charge in [-0.2, -0.15) is 0 Å². The van der Waals surface area contributed by atoms with E-state index in [2.05, 4.69) is 37.8 Å². The second kappa shape index (κ2) is 4.92. The van der Waals surface area contributed by atoms with Crippen LogP contribution >= 0.6 is 0 Å². The van der Waals surface area contributed by atoms with Crippen LogP contribution in [0, 0.1) is 26.7 Å². The molecule has 1 aromatic rings. The van der Waals surface area contributed by atoms with Crippen LogP contribution in [0.25, 0.3) is 0 Å². The van der Waals surface area contributed by atoms with Crippen molar-refractivity contribution in [3.63, 3.8) is 0 Å². The second-order valence-corrected chi connectivity index (χ2v) is 6.57. The van der Waals surface area contributed by atoms with Crippen molar-refractivity contribution in [2.45, 2.75) is 52.1 Å². The van der Waals surface area contributed by atoms with E-state index in [-0.39, 0.29) is 0 Å². The van der Waals surface area contributed by atoms with E-state index in [0.29, 0.717) is 6.04 Å². The van der Waals surface area contributed by atoms with Gasteiger partial charge in [0.2, 0.25) is 0 Å². The highest BCUT2D eigenvalue weighted by Gasteiger charge is 2.41. The van der Waals surface area contributed by atoms with E-state index < -0.39 is 0 Å². The summed E-state index contributed by atoms with van der Waals surface area (Å²) < 4.78 is 0. The maximum Gasteiger partial charge on any atom is 0.0476 e. The van der Waals surface area contributed by atoms with Crippen molar-refractivity contribution in [2.24, 2.45) is 11.7 Å². The molecule has 1 aliphatic heterocycles. The van der Waals surface area contributed by atoms with Gasteiger partial charge in [0.05, 0.1) is 0 Å². The van der Waals surface area contributed by atoms with Crippen molar-refractivity contribution in [2.75, 3.05) is 13.1 Å². The second-order valence-electron chi connectivity index (χ2n) is 6.57. The molecule has 19 heavy (non-hydrogen) atoms. The third-order valence-corrected chi connectivity index (χ3v) is 5.32. The molecule has 1 aromatic carbocycles. The molecule has 2 heteroatoms. The van der Waals surface area contributed by atoms with Gasteiger partial charge in [-0.3, -0.25) is 4.90 Å². The van der Waals surface area contributed by atoms with E-state index in [9.17, 15) is 0 Å². The SMILES string of the molecule is Cc1cc(C)c(C(CN)N2CC3CCC2C3)cc1C. The number of nitrogens with two attached hydrogens (primary N) is 1. The first-order valence-corrected chi connectivity index (χ1v) is 7.63. The van der Waals surface area contributed by atoms with Gasteiger partial charge in [-0.05, 0) is 68.2 Å². The van der Waals surface area contributed by atoms with Gasteiger partial charge < -0.3 is 5.73 Å². The Bertz CT molecular complexity index is 480. The third-order valence-electron chi connectivity index (χ3n) is 5.32. The number of benzene rings is 1. The molecule has 3 rings (SSSR count). The topological polar surface area (TPSA) is 29.3 Å². The maximum atomic E-state index is 6.13. The molecule has 2 N–H and O–H groups in total. The number of aryl methyl sites for hydroxylation is 3. The smallest absolute Gasteiger partial charge is 0.0476 e. The fourth-order valence-corrected chi connectivity index (χ4v) is 4.13. The van der Waals surface area contributed by atoms with E-state index in [1.165, 1.54) is 48.1 Å². The van der Waals surface area contributed by atoms with Crippen molar-refractivity contribution < 1.29 is 0 Å². The third kappa shape index (κ3) is 2.21. The maximum absolute atomic E-state index is 6.13. The van der Waals surface area contributed by atoms with Gasteiger partial charge >= 0.3 is 0 Å². The van der Waals surface area contributed by atoms with Crippen molar-refractivity contribution >= 4 is 0 Å². The van der Waals surface area contributed by atoms with Crippen molar-refractivity contribution in [3.8, 4) is 0 Å². The molecule has 1 aliphatic carbocycles. The molecule has 104 valence electrons. The zero-order valence-corrected chi connectivity index (χ0v) is 12.4. The lowest BCUT2D eigenvalue weighted by Gasteiger charge is -2.35. The van der Waals surface area contributed by atoms with Crippen LogP contribution in [0.15, 0.2) is 12.1 Å². The van der Waals surface area contributed by atoms with Gasteiger partial charge in [-0.25, -0.2) is 0 Å². The Hall–Kier alpha value is -0.860. The lowest BCUT2D eigenvalue weighted by molar-refractivity contribution is 0.152. The number of rotatable bonds is 3. The zero-order valence-electron chi connectivity index (χ0n) is 12.4. The molecular formula is C17H26N2. The Morgan fingerprint density at radius 3 is 2.47 bits per heavy atom. The minimum absolute atomic E-state index is 0.426. The molecule has 1 heterocycles. The molecule has 0 spiro atoms. The predicted molar refractivity (Wildman–Crippen MR) is 80.3 cm³/mol. The van der Waals surface area contributed by atoms with Crippen molar-refractivity contribution in [1.29, 1.82) is 0 Å². The lowest BCUT2D eigenvalue weighted by atomic mass is 9.93. The Morgan fingerprint density at radius 2 is 1.89 bits per heavy atom. The highest BCUT2D eigenvalue weighted by Crippen LogP contribution is 2.42. The number of hydrogen-bond acceptors (Lipinski definition) is 2. The molecule has 3 unspecified atom stereocenters. The molecule has 2 aliphatic rings. The first-order valence-electron chi connectivity index (χ1n) is 7.63. The molecule has 2 fully saturated rings. The molecule has 0 radical (unpaired) electrons. The molecule has 0 aromatic heterocycles. The summed E-state index contributed by atoms with van der Waals surface area (Å²) in [6.07, 6.45) is 4.22. The van der Waals surface area contributed by atoms with E-state index in [1.807, 2.05) is 0 Å². The lowest BCUT2D eigenvalue weighted by Crippen LogP contribution is -2.39. The van der Waals surface area contributed by atoms with Gasteiger partial charge in [0.15, 0.2) is 0 Å². The van der Waals surface area contributed by atoms with E-state index >= 15 is 0 Å². The Balaban J connectivity index is 1.92. The Labute approximate surface area is 117 Å². The minimum Gasteiger partial charge on any atom is -0.329 e. The highest BCUT2D eigenvalue weighted by atomic mass is 15.2. The average molecular weight is 258 g/mol. The molecule has 3 atom stereocenters. The van der Waals surface area contributed by atoms with Crippen molar-refractivity contribution in [3.05, 3.63) is 34.4 Å². The van der Waals surface area contributed by atoms with Crippen molar-refractivity contribution in [1.82, 2.24) is 4.90 Å². The van der Waals surface area contributed by atoms with E-state index in [0.717, 1.165) is 18.5 Å². The van der Waals surface area contributed by atoms with E-state index in [4.69, 9.17) is 5.73 Å². The van der Waals surface area contributed by atoms with Gasteiger partial charge in [-0.15, -0.1) is 0 Å². The van der Waals surface area contributed by atoms with Crippen LogP contribution in [0.2, 0.25) is 0 Å². The van der Waals surface area contributed by atoms with Gasteiger partial charge in [0.25, 0.3) is 0 Å². The predicted octanol–water partition coefficient (Wildman–Crippen LogP) is 3.10. The zero-order chi connectivity index (χ0) is 13.6. The summed E-state index contributed by atoms with van der Waals surface area (Å²) >= 11 is 0. The molecule has 0 amide bonds. The van der Waals surface area contributed by atoms with Gasteiger partial charge in [-0.1, -0.05) is 12.1 Å². The summed E-state index contributed by atoms with van der Waals surface area (Å²) in [5.74, 6) is 0.936. The quantitative estimate of drug-likeness (QED) is 0.902. The average Bonchev–Trinajstić information content (AvgIpc) is 2.99. The van der Waals surface area contributed by atoms with Crippen LogP contribution in [0.3, 0.4) is 0 Å². The molecule has 1 saturated heterocycles. The number of hydrogen-bond donors (Lipinski definition) is 1. The number of nitrogens with zero attached hydrogens (tertiary/aromatic N) is 1. The van der Waals surface area contributed by atoms with Gasteiger partial charge in [0.1, 0.15) is 0 Å². The van der Waals surface area contributed by atoms with Crippen LogP contribution < -0.4 is 5.73 Å². The monoisotopic (exact) mass is 258 g/mol. The fourth-order valence-electron chi connectivity index (χ4n) is 4.13. The first-order chi connectivity index (χ1) is 9.10. The number of fused-ring (bicyclic) bond motifs is 2. The summed E-state index contributed by atoms with van der Waals surface area (Å²) in [6.45, 7) is 8.65. The number of likely N-dealkylation sites (tertiary alicyclic amines) is 1. The Morgan fingerprint density at radius 1 is 1.16 bits per heavy atom. The minimum atomic E-state index is 0.426. The standard InChI is InChI=1S/C17H26N2/c1-11-6-13(3)16(7-12(11)2)17(9-18)19-10-14-4-5-15(19)8-14/h6-7,14-15,17H,4-5,8-10,18H2,1-3H3. The normalized spacial score (nSPS) is 28.0. The Kier molecular flexibility index (Phi) is 3.40. The summed E-state index contributed by atoms with van der Waals surface area (Å²) in [7, 11) is 0. The highest BCUT2D eigenvalue weighted by molar-refractivity contribution is 5.38. The van der Waals surface area contributed by atoms with Crippen LogP contribution in [0.4, 0.5) is 0 Å². The summed E-state index contributed by atoms with van der Waals surface area (Å²) in [5.41, 5.74) is 11.8. The molecule has 2 nitrogen and oxygen atoms in total. The van der Waals surface area contributed by atoms with Crippen LogP contribution in [0.1, 0.15) is 47.6 Å². The summed E-state index contributed by atoms with van der Waals surface area (Å²) in [6, 6.07) is 5.91. The van der Waals surface area contributed by atoms with Crippen LogP contribution in [-0.4, -0.2) is 24.0 Å².